The van der Waals surface area contributed by atoms with E-state index in [1.165, 1.54) is 92.8 Å². The van der Waals surface area contributed by atoms with E-state index in [2.05, 4.69) is 180 Å². The molecule has 218 valence electrons. The molecule has 9 aromatic carbocycles. The van der Waals surface area contributed by atoms with Crippen molar-refractivity contribution >= 4 is 64.9 Å². The van der Waals surface area contributed by atoms with Crippen LogP contribution in [0.25, 0.3) is 92.8 Å². The standard InChI is InChI=1S/C46H29N/c1-3-13-30(14-4-1)33-24-23-31-25-26-35(28-34(31)27-33)47-43-22-12-11-21-40(43)45-44-38-19-9-7-17-36(38)41(32-15-5-2-6-16-32)29-42(44)37-18-8-10-20-39(37)46(45)47/h1-29H. The van der Waals surface area contributed by atoms with Crippen molar-refractivity contribution in [2.75, 3.05) is 0 Å². The van der Waals surface area contributed by atoms with Crippen LogP contribution >= 0.6 is 0 Å². The number of rotatable bonds is 3. The lowest BCUT2D eigenvalue weighted by Crippen LogP contribution is -1.95. The van der Waals surface area contributed by atoms with Gasteiger partial charge in [0.2, 0.25) is 0 Å². The van der Waals surface area contributed by atoms with Crippen molar-refractivity contribution in [3.63, 3.8) is 0 Å². The molecular formula is C46H29N. The maximum absolute atomic E-state index is 2.50. The second-order valence-electron chi connectivity index (χ2n) is 12.5. The van der Waals surface area contributed by atoms with Gasteiger partial charge in [0.15, 0.2) is 0 Å². The molecule has 0 saturated heterocycles. The van der Waals surface area contributed by atoms with Crippen molar-refractivity contribution in [1.82, 2.24) is 4.57 Å². The molecule has 1 aromatic heterocycles. The highest BCUT2D eigenvalue weighted by molar-refractivity contribution is 6.38. The Morgan fingerprint density at radius 3 is 1.72 bits per heavy atom. The number of hydrogen-bond donors (Lipinski definition) is 0. The first-order valence-corrected chi connectivity index (χ1v) is 16.3. The van der Waals surface area contributed by atoms with Crippen molar-refractivity contribution < 1.29 is 0 Å². The van der Waals surface area contributed by atoms with Gasteiger partial charge in [0.1, 0.15) is 0 Å². The summed E-state index contributed by atoms with van der Waals surface area (Å²) in [4.78, 5) is 0. The van der Waals surface area contributed by atoms with Crippen LogP contribution in [0.5, 0.6) is 0 Å². The zero-order valence-electron chi connectivity index (χ0n) is 25.7. The van der Waals surface area contributed by atoms with E-state index in [4.69, 9.17) is 0 Å². The number of para-hydroxylation sites is 1. The first-order chi connectivity index (χ1) is 23.3. The third kappa shape index (κ3) is 3.90. The lowest BCUT2D eigenvalue weighted by atomic mass is 9.88. The summed E-state index contributed by atoms with van der Waals surface area (Å²) in [5.74, 6) is 0. The Balaban J connectivity index is 1.37. The van der Waals surface area contributed by atoms with E-state index in [1.54, 1.807) is 0 Å². The molecule has 1 nitrogen and oxygen atoms in total. The molecule has 0 bridgehead atoms. The smallest absolute Gasteiger partial charge is 0.0626 e. The van der Waals surface area contributed by atoms with Crippen molar-refractivity contribution in [3.05, 3.63) is 176 Å². The molecule has 0 aliphatic rings. The van der Waals surface area contributed by atoms with Crippen molar-refractivity contribution in [1.29, 1.82) is 0 Å². The number of fused-ring (bicyclic) bond motifs is 11. The molecule has 0 unspecified atom stereocenters. The SMILES string of the molecule is c1ccc(-c2ccc3ccc(-n4c5ccccc5c5c6c7ccccc7c(-c7ccccc7)cc6c6ccccc6c54)cc3c2)cc1. The predicted octanol–water partition coefficient (Wildman–Crippen LogP) is 12.7. The zero-order valence-corrected chi connectivity index (χ0v) is 25.7. The molecule has 0 atom stereocenters. The molecule has 10 rings (SSSR count). The fourth-order valence-electron chi connectivity index (χ4n) is 7.84. The molecule has 0 aliphatic carbocycles. The van der Waals surface area contributed by atoms with E-state index in [-0.39, 0.29) is 0 Å². The molecule has 0 radical (unpaired) electrons. The maximum Gasteiger partial charge on any atom is 0.0626 e. The molecular weight excluding hydrogens is 567 g/mol. The van der Waals surface area contributed by atoms with Gasteiger partial charge in [-0.15, -0.1) is 0 Å². The second kappa shape index (κ2) is 10.2. The zero-order chi connectivity index (χ0) is 30.9. The summed E-state index contributed by atoms with van der Waals surface area (Å²) in [5, 5.41) is 12.8. The molecule has 0 spiro atoms. The van der Waals surface area contributed by atoms with Crippen molar-refractivity contribution in [2.45, 2.75) is 0 Å². The third-order valence-electron chi connectivity index (χ3n) is 9.92. The topological polar surface area (TPSA) is 4.93 Å². The minimum atomic E-state index is 1.17. The molecule has 1 heterocycles. The van der Waals surface area contributed by atoms with E-state index in [1.807, 2.05) is 0 Å². The van der Waals surface area contributed by atoms with Gasteiger partial charge in [-0.1, -0.05) is 146 Å². The summed E-state index contributed by atoms with van der Waals surface area (Å²) in [6.45, 7) is 0. The normalized spacial score (nSPS) is 11.8. The van der Waals surface area contributed by atoms with Crippen LogP contribution in [-0.4, -0.2) is 4.57 Å². The van der Waals surface area contributed by atoms with Gasteiger partial charge in [0, 0.05) is 27.2 Å². The first kappa shape index (κ1) is 26.1. The van der Waals surface area contributed by atoms with E-state index < -0.39 is 0 Å². The van der Waals surface area contributed by atoms with Crippen LogP contribution in [0.15, 0.2) is 176 Å². The quantitative estimate of drug-likeness (QED) is 0.179. The van der Waals surface area contributed by atoms with Gasteiger partial charge in [-0.05, 0) is 84.9 Å². The van der Waals surface area contributed by atoms with E-state index in [9.17, 15) is 0 Å². The van der Waals surface area contributed by atoms with Crippen LogP contribution in [0.3, 0.4) is 0 Å². The third-order valence-corrected chi connectivity index (χ3v) is 9.92. The van der Waals surface area contributed by atoms with Gasteiger partial charge >= 0.3 is 0 Å². The van der Waals surface area contributed by atoms with Crippen LogP contribution in [0.4, 0.5) is 0 Å². The van der Waals surface area contributed by atoms with Gasteiger partial charge in [0.25, 0.3) is 0 Å². The van der Waals surface area contributed by atoms with Crippen LogP contribution in [-0.2, 0) is 0 Å². The average Bonchev–Trinajstić information content (AvgIpc) is 3.50. The minimum absolute atomic E-state index is 1.17. The molecule has 0 saturated carbocycles. The van der Waals surface area contributed by atoms with E-state index >= 15 is 0 Å². The highest BCUT2D eigenvalue weighted by atomic mass is 15.0. The largest absolute Gasteiger partial charge is 0.309 e. The summed E-state index contributed by atoms with van der Waals surface area (Å²) >= 11 is 0. The maximum atomic E-state index is 2.50. The van der Waals surface area contributed by atoms with E-state index in [0.29, 0.717) is 0 Å². The lowest BCUT2D eigenvalue weighted by molar-refractivity contribution is 1.19. The summed E-state index contributed by atoms with van der Waals surface area (Å²) in [6.07, 6.45) is 0. The molecule has 0 amide bonds. The fraction of sp³-hybridized carbons (Fsp3) is 0. The highest BCUT2D eigenvalue weighted by Crippen LogP contribution is 2.47. The Morgan fingerprint density at radius 2 is 0.936 bits per heavy atom. The van der Waals surface area contributed by atoms with Gasteiger partial charge in [0.05, 0.1) is 11.0 Å². The summed E-state index contributed by atoms with van der Waals surface area (Å²) in [7, 11) is 0. The number of aromatic nitrogens is 1. The molecule has 0 N–H and O–H groups in total. The lowest BCUT2D eigenvalue weighted by Gasteiger charge is -2.16. The van der Waals surface area contributed by atoms with Gasteiger partial charge in [-0.3, -0.25) is 0 Å². The molecule has 0 aliphatic heterocycles. The summed E-state index contributed by atoms with van der Waals surface area (Å²) in [6, 6.07) is 64.5. The Bertz CT molecular complexity index is 2820. The minimum Gasteiger partial charge on any atom is -0.309 e. The summed E-state index contributed by atoms with van der Waals surface area (Å²) < 4.78 is 2.50. The number of benzene rings is 9. The Kier molecular flexibility index (Phi) is 5.64. The number of nitrogens with zero attached hydrogens (tertiary/aromatic N) is 1. The fourth-order valence-corrected chi connectivity index (χ4v) is 7.84. The summed E-state index contributed by atoms with van der Waals surface area (Å²) in [5.41, 5.74) is 8.61. The molecule has 0 fully saturated rings. The van der Waals surface area contributed by atoms with Crippen LogP contribution in [0.2, 0.25) is 0 Å². The van der Waals surface area contributed by atoms with Crippen LogP contribution < -0.4 is 0 Å². The van der Waals surface area contributed by atoms with Crippen LogP contribution in [0, 0.1) is 0 Å². The Hall–Kier alpha value is -6.18. The average molecular weight is 596 g/mol. The molecule has 47 heavy (non-hydrogen) atoms. The van der Waals surface area contributed by atoms with Gasteiger partial charge in [-0.25, -0.2) is 0 Å². The van der Waals surface area contributed by atoms with Crippen molar-refractivity contribution in [2.24, 2.45) is 0 Å². The van der Waals surface area contributed by atoms with Gasteiger partial charge in [-0.2, -0.15) is 0 Å². The monoisotopic (exact) mass is 595 g/mol. The second-order valence-corrected chi connectivity index (χ2v) is 12.5. The highest BCUT2D eigenvalue weighted by Gasteiger charge is 2.21. The van der Waals surface area contributed by atoms with Gasteiger partial charge < -0.3 is 4.57 Å². The predicted molar refractivity (Wildman–Crippen MR) is 202 cm³/mol. The van der Waals surface area contributed by atoms with Crippen LogP contribution in [0.1, 0.15) is 0 Å². The number of hydrogen-bond acceptors (Lipinski definition) is 0. The van der Waals surface area contributed by atoms with Crippen molar-refractivity contribution in [3.8, 4) is 27.9 Å². The molecule has 1 heteroatoms. The Labute approximate surface area is 272 Å². The first-order valence-electron chi connectivity index (χ1n) is 16.3. The van der Waals surface area contributed by atoms with E-state index in [0.717, 1.165) is 0 Å². The molecule has 10 aromatic rings. The Morgan fingerprint density at radius 1 is 0.319 bits per heavy atom.